The number of halogens is 3. The Bertz CT molecular complexity index is 509. The average molecular weight is 244 g/mol. The van der Waals surface area contributed by atoms with Gasteiger partial charge in [0.25, 0.3) is 0 Å². The van der Waals surface area contributed by atoms with Gasteiger partial charge in [0.1, 0.15) is 12.2 Å². The third-order valence-corrected chi connectivity index (χ3v) is 2.01. The maximum Gasteiger partial charge on any atom is 0.311 e. The highest BCUT2D eigenvalue weighted by Crippen LogP contribution is 2.22. The van der Waals surface area contributed by atoms with E-state index in [1.165, 1.54) is 0 Å². The summed E-state index contributed by atoms with van der Waals surface area (Å²) in [4.78, 5) is 21.5. The van der Waals surface area contributed by atoms with Crippen LogP contribution in [0.15, 0.2) is 12.6 Å². The lowest BCUT2D eigenvalue weighted by molar-refractivity contribution is -0.135. The van der Waals surface area contributed by atoms with E-state index in [-0.39, 0.29) is 0 Å². The molecule has 0 atom stereocenters. The second kappa shape index (κ2) is 4.82. The molecule has 0 saturated carbocycles. The van der Waals surface area contributed by atoms with E-state index >= 15 is 0 Å². The lowest BCUT2D eigenvalue weighted by Crippen LogP contribution is -2.11. The summed E-state index contributed by atoms with van der Waals surface area (Å²) in [7, 11) is 0. The minimum absolute atomic E-state index is 0.336. The molecule has 0 heterocycles. The summed E-state index contributed by atoms with van der Waals surface area (Å²) in [6.45, 7) is 3.08. The monoisotopic (exact) mass is 244 g/mol. The Morgan fingerprint density at radius 1 is 1.29 bits per heavy atom. The number of rotatable bonds is 4. The molecule has 0 aliphatic rings. The van der Waals surface area contributed by atoms with Crippen molar-refractivity contribution in [3.8, 4) is 0 Å². The standard InChI is InChI=1S/C11H7F3O3/c1-2-5-10(13)6(3-7(12)11(5)14)8(15)4-9(16)17/h2-3H,1,4H2,(H,16,17). The third-order valence-electron chi connectivity index (χ3n) is 2.01. The molecular formula is C11H7F3O3. The summed E-state index contributed by atoms with van der Waals surface area (Å²) in [5, 5.41) is 8.36. The Hall–Kier alpha value is -2.11. The molecule has 0 radical (unpaired) electrons. The van der Waals surface area contributed by atoms with Crippen LogP contribution in [0.1, 0.15) is 22.3 Å². The third kappa shape index (κ3) is 2.52. The SMILES string of the molecule is C=Cc1c(F)c(F)cc(C(=O)CC(=O)O)c1F. The Morgan fingerprint density at radius 3 is 2.35 bits per heavy atom. The van der Waals surface area contributed by atoms with Gasteiger partial charge in [0.15, 0.2) is 17.4 Å². The molecule has 0 unspecified atom stereocenters. The zero-order chi connectivity index (χ0) is 13.2. The predicted molar refractivity (Wildman–Crippen MR) is 53.0 cm³/mol. The summed E-state index contributed by atoms with van der Waals surface area (Å²) >= 11 is 0. The number of benzene rings is 1. The first-order valence-corrected chi connectivity index (χ1v) is 4.43. The van der Waals surface area contributed by atoms with Crippen LogP contribution in [0.4, 0.5) is 13.2 Å². The van der Waals surface area contributed by atoms with Crippen LogP contribution in [-0.2, 0) is 4.79 Å². The van der Waals surface area contributed by atoms with Crippen molar-refractivity contribution in [3.63, 3.8) is 0 Å². The van der Waals surface area contributed by atoms with E-state index in [1.807, 2.05) is 0 Å². The molecule has 0 spiro atoms. The van der Waals surface area contributed by atoms with E-state index in [4.69, 9.17) is 5.11 Å². The van der Waals surface area contributed by atoms with E-state index in [9.17, 15) is 22.8 Å². The van der Waals surface area contributed by atoms with Crippen LogP contribution in [0.2, 0.25) is 0 Å². The molecule has 0 aliphatic carbocycles. The van der Waals surface area contributed by atoms with Gasteiger partial charge in [0.2, 0.25) is 0 Å². The lowest BCUT2D eigenvalue weighted by atomic mass is 10.0. The van der Waals surface area contributed by atoms with Crippen LogP contribution in [0.25, 0.3) is 6.08 Å². The van der Waals surface area contributed by atoms with Crippen LogP contribution in [-0.4, -0.2) is 16.9 Å². The molecule has 0 saturated heterocycles. The summed E-state index contributed by atoms with van der Waals surface area (Å²) in [5.74, 6) is -6.85. The first-order chi connectivity index (χ1) is 7.88. The minimum Gasteiger partial charge on any atom is -0.481 e. The fourth-order valence-corrected chi connectivity index (χ4v) is 1.24. The van der Waals surface area contributed by atoms with Crippen molar-refractivity contribution in [2.24, 2.45) is 0 Å². The first-order valence-electron chi connectivity index (χ1n) is 4.43. The molecule has 0 amide bonds. The van der Waals surface area contributed by atoms with Crippen LogP contribution < -0.4 is 0 Å². The Labute approximate surface area is 94.2 Å². The summed E-state index contributed by atoms with van der Waals surface area (Å²) in [5.41, 5.74) is -1.60. The Morgan fingerprint density at radius 2 is 1.88 bits per heavy atom. The summed E-state index contributed by atoms with van der Waals surface area (Å²) in [6.07, 6.45) is -0.288. The van der Waals surface area contributed by atoms with Gasteiger partial charge < -0.3 is 5.11 Å². The number of aliphatic carboxylic acids is 1. The molecule has 90 valence electrons. The number of ketones is 1. The number of carbonyl (C=O) groups is 2. The van der Waals surface area contributed by atoms with E-state index < -0.39 is 46.8 Å². The predicted octanol–water partition coefficient (Wildman–Crippen LogP) is 2.40. The van der Waals surface area contributed by atoms with Crippen molar-refractivity contribution in [3.05, 3.63) is 41.2 Å². The molecule has 0 aliphatic heterocycles. The summed E-state index contributed by atoms with van der Waals surface area (Å²) < 4.78 is 39.6. The van der Waals surface area contributed by atoms with Gasteiger partial charge in [0, 0.05) is 5.56 Å². The number of carboxylic acids is 1. The number of hydrogen-bond acceptors (Lipinski definition) is 2. The molecular weight excluding hydrogens is 237 g/mol. The smallest absolute Gasteiger partial charge is 0.311 e. The number of Topliss-reactive ketones (excluding diaryl/α,β-unsaturated/α-hetero) is 1. The van der Waals surface area contributed by atoms with Crippen LogP contribution >= 0.6 is 0 Å². The molecule has 0 aromatic heterocycles. The second-order valence-corrected chi connectivity index (χ2v) is 3.15. The van der Waals surface area contributed by atoms with Crippen molar-refractivity contribution in [1.82, 2.24) is 0 Å². The van der Waals surface area contributed by atoms with Gasteiger partial charge in [-0.3, -0.25) is 9.59 Å². The number of carbonyl (C=O) groups excluding carboxylic acids is 1. The first kappa shape index (κ1) is 13.0. The van der Waals surface area contributed by atoms with E-state index in [2.05, 4.69) is 6.58 Å². The Kier molecular flexibility index (Phi) is 3.67. The van der Waals surface area contributed by atoms with E-state index in [0.29, 0.717) is 12.1 Å². The molecule has 3 nitrogen and oxygen atoms in total. The maximum absolute atomic E-state index is 13.5. The highest BCUT2D eigenvalue weighted by molar-refractivity contribution is 6.05. The topological polar surface area (TPSA) is 54.4 Å². The molecule has 1 aromatic rings. The van der Waals surface area contributed by atoms with Gasteiger partial charge in [-0.15, -0.1) is 0 Å². The fraction of sp³-hybridized carbons (Fsp3) is 0.0909. The number of carboxylic acid groups (broad SMARTS) is 1. The van der Waals surface area contributed by atoms with Crippen molar-refractivity contribution >= 4 is 17.8 Å². The normalized spacial score (nSPS) is 10.1. The van der Waals surface area contributed by atoms with Crippen molar-refractivity contribution < 1.29 is 27.9 Å². The van der Waals surface area contributed by atoms with Gasteiger partial charge >= 0.3 is 5.97 Å². The zero-order valence-corrected chi connectivity index (χ0v) is 8.47. The molecule has 1 aromatic carbocycles. The minimum atomic E-state index is -1.49. The zero-order valence-electron chi connectivity index (χ0n) is 8.47. The fourth-order valence-electron chi connectivity index (χ4n) is 1.24. The highest BCUT2D eigenvalue weighted by atomic mass is 19.2. The average Bonchev–Trinajstić information content (AvgIpc) is 2.23. The highest BCUT2D eigenvalue weighted by Gasteiger charge is 2.22. The van der Waals surface area contributed by atoms with Gasteiger partial charge in [-0.1, -0.05) is 12.7 Å². The largest absolute Gasteiger partial charge is 0.481 e. The lowest BCUT2D eigenvalue weighted by Gasteiger charge is -2.06. The van der Waals surface area contributed by atoms with Crippen LogP contribution in [0, 0.1) is 17.5 Å². The quantitative estimate of drug-likeness (QED) is 0.502. The molecule has 0 bridgehead atoms. The molecule has 1 N–H and O–H groups in total. The Balaban J connectivity index is 3.35. The van der Waals surface area contributed by atoms with Crippen LogP contribution in [0.3, 0.4) is 0 Å². The second-order valence-electron chi connectivity index (χ2n) is 3.15. The van der Waals surface area contributed by atoms with Gasteiger partial charge in [-0.2, -0.15) is 0 Å². The maximum atomic E-state index is 13.5. The van der Waals surface area contributed by atoms with Crippen molar-refractivity contribution in [2.45, 2.75) is 6.42 Å². The van der Waals surface area contributed by atoms with Gasteiger partial charge in [0.05, 0.1) is 5.56 Å². The summed E-state index contributed by atoms with van der Waals surface area (Å²) in [6, 6.07) is 0.336. The van der Waals surface area contributed by atoms with Crippen LogP contribution in [0.5, 0.6) is 0 Å². The van der Waals surface area contributed by atoms with Gasteiger partial charge in [-0.25, -0.2) is 13.2 Å². The van der Waals surface area contributed by atoms with E-state index in [1.54, 1.807) is 0 Å². The molecule has 1 rings (SSSR count). The molecule has 0 fully saturated rings. The molecule has 17 heavy (non-hydrogen) atoms. The van der Waals surface area contributed by atoms with Gasteiger partial charge in [-0.05, 0) is 6.07 Å². The van der Waals surface area contributed by atoms with E-state index in [0.717, 1.165) is 0 Å². The van der Waals surface area contributed by atoms with Crippen molar-refractivity contribution in [2.75, 3.05) is 0 Å². The molecule has 6 heteroatoms. The van der Waals surface area contributed by atoms with Crippen molar-refractivity contribution in [1.29, 1.82) is 0 Å². The number of hydrogen-bond donors (Lipinski definition) is 1.